The number of hydrogen-bond donors (Lipinski definition) is 0. The average molecular weight is 337 g/mol. The fraction of sp³-hybridized carbons (Fsp3) is 0.167. The Morgan fingerprint density at radius 2 is 2.08 bits per heavy atom. The first kappa shape index (κ1) is 16.1. The van der Waals surface area contributed by atoms with E-state index >= 15 is 0 Å². The highest BCUT2D eigenvalue weighted by molar-refractivity contribution is 7.98. The molecule has 0 saturated carbocycles. The number of ether oxygens (including phenoxy) is 1. The summed E-state index contributed by atoms with van der Waals surface area (Å²) in [6.07, 6.45) is 0. The van der Waals surface area contributed by atoms with Crippen LogP contribution in [0.25, 0.3) is 10.9 Å². The Morgan fingerprint density at radius 1 is 1.25 bits per heavy atom. The second kappa shape index (κ2) is 7.20. The molecule has 0 aliphatic carbocycles. The van der Waals surface area contributed by atoms with Crippen LogP contribution in [0, 0.1) is 11.3 Å². The number of methoxy groups -OCH3 is 1. The predicted molar refractivity (Wildman–Crippen MR) is 94.2 cm³/mol. The average Bonchev–Trinajstić information content (AvgIpc) is 2.63. The Kier molecular flexibility index (Phi) is 4.82. The van der Waals surface area contributed by atoms with Crippen molar-refractivity contribution in [3.05, 3.63) is 64.7 Å². The van der Waals surface area contributed by atoms with Gasteiger partial charge in [0.2, 0.25) is 0 Å². The smallest absolute Gasteiger partial charge is 0.262 e. The van der Waals surface area contributed by atoms with Crippen LogP contribution in [0.5, 0.6) is 5.75 Å². The van der Waals surface area contributed by atoms with Crippen molar-refractivity contribution in [3.8, 4) is 11.8 Å². The lowest BCUT2D eigenvalue weighted by molar-refractivity contribution is 0.413. The van der Waals surface area contributed by atoms with E-state index in [1.807, 2.05) is 42.5 Å². The van der Waals surface area contributed by atoms with Crippen LogP contribution in [-0.2, 0) is 12.3 Å². The van der Waals surface area contributed by atoms with Crippen LogP contribution in [0.15, 0.2) is 58.2 Å². The SMILES string of the molecule is COc1cccc(SCc2nc3ccccc3c(=O)n2CC#N)c1. The Morgan fingerprint density at radius 3 is 2.88 bits per heavy atom. The summed E-state index contributed by atoms with van der Waals surface area (Å²) in [4.78, 5) is 18.2. The van der Waals surface area contributed by atoms with Gasteiger partial charge in [-0.25, -0.2) is 4.98 Å². The van der Waals surface area contributed by atoms with E-state index in [2.05, 4.69) is 4.98 Å². The van der Waals surface area contributed by atoms with Crippen molar-refractivity contribution in [2.45, 2.75) is 17.2 Å². The van der Waals surface area contributed by atoms with E-state index in [0.717, 1.165) is 10.6 Å². The zero-order valence-corrected chi connectivity index (χ0v) is 13.9. The van der Waals surface area contributed by atoms with E-state index in [9.17, 15) is 4.79 Å². The highest BCUT2D eigenvalue weighted by atomic mass is 32.2. The number of nitrogens with zero attached hydrogens (tertiary/aromatic N) is 3. The quantitative estimate of drug-likeness (QED) is 0.669. The van der Waals surface area contributed by atoms with Gasteiger partial charge in [0.05, 0.1) is 29.8 Å². The maximum absolute atomic E-state index is 12.6. The third-order valence-corrected chi connectivity index (χ3v) is 4.57. The summed E-state index contributed by atoms with van der Waals surface area (Å²) in [6, 6.07) is 16.9. The lowest BCUT2D eigenvalue weighted by atomic mass is 10.2. The number of rotatable bonds is 5. The van der Waals surface area contributed by atoms with Crippen LogP contribution in [0.3, 0.4) is 0 Å². The third-order valence-electron chi connectivity index (χ3n) is 3.58. The topological polar surface area (TPSA) is 67.9 Å². The van der Waals surface area contributed by atoms with Crippen LogP contribution in [0.2, 0.25) is 0 Å². The van der Waals surface area contributed by atoms with Crippen molar-refractivity contribution in [1.82, 2.24) is 9.55 Å². The number of fused-ring (bicyclic) bond motifs is 1. The molecule has 0 aliphatic heterocycles. The van der Waals surface area contributed by atoms with Gasteiger partial charge < -0.3 is 4.74 Å². The minimum atomic E-state index is -0.177. The standard InChI is InChI=1S/C18H15N3O2S/c1-23-13-5-4-6-14(11-13)24-12-17-20-16-8-3-2-7-15(16)18(22)21(17)10-9-19/h2-8,11H,10,12H2,1H3. The monoisotopic (exact) mass is 337 g/mol. The Bertz CT molecular complexity index is 976. The lowest BCUT2D eigenvalue weighted by Crippen LogP contribution is -2.24. The van der Waals surface area contributed by atoms with Crippen LogP contribution >= 0.6 is 11.8 Å². The van der Waals surface area contributed by atoms with Crippen molar-refractivity contribution in [2.24, 2.45) is 0 Å². The normalized spacial score (nSPS) is 10.5. The van der Waals surface area contributed by atoms with Gasteiger partial charge in [0, 0.05) is 4.90 Å². The van der Waals surface area contributed by atoms with Gasteiger partial charge in [0.25, 0.3) is 5.56 Å². The lowest BCUT2D eigenvalue weighted by Gasteiger charge is -2.11. The van der Waals surface area contributed by atoms with E-state index < -0.39 is 0 Å². The van der Waals surface area contributed by atoms with Gasteiger partial charge in [-0.05, 0) is 30.3 Å². The Balaban J connectivity index is 1.97. The summed E-state index contributed by atoms with van der Waals surface area (Å²) < 4.78 is 6.66. The number of nitriles is 1. The van der Waals surface area contributed by atoms with Crippen LogP contribution < -0.4 is 10.3 Å². The first-order valence-electron chi connectivity index (χ1n) is 7.35. The Labute approximate surface area is 143 Å². The van der Waals surface area contributed by atoms with Gasteiger partial charge in [0.15, 0.2) is 0 Å². The van der Waals surface area contributed by atoms with Gasteiger partial charge in [-0.3, -0.25) is 9.36 Å². The molecule has 1 aromatic heterocycles. The summed E-state index contributed by atoms with van der Waals surface area (Å²) in [5.74, 6) is 1.86. The summed E-state index contributed by atoms with van der Waals surface area (Å²) in [7, 11) is 1.62. The number of aromatic nitrogens is 2. The van der Waals surface area contributed by atoms with E-state index in [1.54, 1.807) is 31.0 Å². The summed E-state index contributed by atoms with van der Waals surface area (Å²) >= 11 is 1.55. The van der Waals surface area contributed by atoms with E-state index in [-0.39, 0.29) is 12.1 Å². The summed E-state index contributed by atoms with van der Waals surface area (Å²) in [5.41, 5.74) is 0.473. The minimum absolute atomic E-state index is 0.00925. The molecular weight excluding hydrogens is 322 g/mol. The van der Waals surface area contributed by atoms with Crippen LogP contribution in [0.4, 0.5) is 0 Å². The van der Waals surface area contributed by atoms with Crippen molar-refractivity contribution in [1.29, 1.82) is 5.26 Å². The highest BCUT2D eigenvalue weighted by Crippen LogP contribution is 2.25. The molecule has 0 unspecified atom stereocenters. The number of thioether (sulfide) groups is 1. The summed E-state index contributed by atoms with van der Waals surface area (Å²) in [6.45, 7) is -0.00925. The molecule has 0 saturated heterocycles. The molecule has 24 heavy (non-hydrogen) atoms. The zero-order chi connectivity index (χ0) is 16.9. The first-order chi connectivity index (χ1) is 11.7. The molecule has 3 rings (SSSR count). The molecule has 0 spiro atoms. The maximum atomic E-state index is 12.6. The number of para-hydroxylation sites is 1. The molecule has 2 aromatic carbocycles. The van der Waals surface area contributed by atoms with Crippen molar-refractivity contribution >= 4 is 22.7 Å². The second-order valence-corrected chi connectivity index (χ2v) is 6.11. The Hall–Kier alpha value is -2.78. The van der Waals surface area contributed by atoms with Gasteiger partial charge in [-0.1, -0.05) is 18.2 Å². The fourth-order valence-corrected chi connectivity index (χ4v) is 3.29. The third kappa shape index (κ3) is 3.26. The number of benzene rings is 2. The molecule has 1 heterocycles. The molecule has 0 radical (unpaired) electrons. The van der Waals surface area contributed by atoms with Gasteiger partial charge in [0.1, 0.15) is 18.1 Å². The predicted octanol–water partition coefficient (Wildman–Crippen LogP) is 3.22. The molecule has 3 aromatic rings. The van der Waals surface area contributed by atoms with Crippen molar-refractivity contribution < 1.29 is 4.74 Å². The minimum Gasteiger partial charge on any atom is -0.497 e. The molecule has 0 atom stereocenters. The van der Waals surface area contributed by atoms with Crippen LogP contribution in [0.1, 0.15) is 5.82 Å². The van der Waals surface area contributed by atoms with E-state index in [4.69, 9.17) is 10.00 Å². The van der Waals surface area contributed by atoms with Crippen molar-refractivity contribution in [3.63, 3.8) is 0 Å². The molecular formula is C18H15N3O2S. The highest BCUT2D eigenvalue weighted by Gasteiger charge is 2.11. The molecule has 0 N–H and O–H groups in total. The van der Waals surface area contributed by atoms with E-state index in [0.29, 0.717) is 22.5 Å². The van der Waals surface area contributed by atoms with Gasteiger partial charge in [-0.15, -0.1) is 11.8 Å². The van der Waals surface area contributed by atoms with Gasteiger partial charge in [-0.2, -0.15) is 5.26 Å². The van der Waals surface area contributed by atoms with Crippen molar-refractivity contribution in [2.75, 3.05) is 7.11 Å². The molecule has 5 nitrogen and oxygen atoms in total. The largest absolute Gasteiger partial charge is 0.497 e. The van der Waals surface area contributed by atoms with Gasteiger partial charge >= 0.3 is 0 Å². The molecule has 0 bridgehead atoms. The first-order valence-corrected chi connectivity index (χ1v) is 8.33. The molecule has 0 aliphatic rings. The second-order valence-electron chi connectivity index (χ2n) is 5.06. The maximum Gasteiger partial charge on any atom is 0.262 e. The van der Waals surface area contributed by atoms with Crippen LogP contribution in [-0.4, -0.2) is 16.7 Å². The number of hydrogen-bond acceptors (Lipinski definition) is 5. The van der Waals surface area contributed by atoms with E-state index in [1.165, 1.54) is 4.57 Å². The molecule has 120 valence electrons. The fourth-order valence-electron chi connectivity index (χ4n) is 2.40. The molecule has 6 heteroatoms. The molecule has 0 fully saturated rings. The molecule has 0 amide bonds. The summed E-state index contributed by atoms with van der Waals surface area (Å²) in [5, 5.41) is 9.56. The zero-order valence-electron chi connectivity index (χ0n) is 13.1.